The van der Waals surface area contributed by atoms with Crippen molar-refractivity contribution >= 4 is 67.9 Å². The van der Waals surface area contributed by atoms with E-state index in [1.807, 2.05) is 50.8 Å². The molecule has 2 saturated heterocycles. The van der Waals surface area contributed by atoms with Crippen LogP contribution in [0.5, 0.6) is 23.3 Å². The molecule has 2 amide bonds. The molecule has 0 unspecified atom stereocenters. The normalized spacial score (nSPS) is 18.0. The van der Waals surface area contributed by atoms with Crippen molar-refractivity contribution in [1.29, 1.82) is 0 Å². The van der Waals surface area contributed by atoms with E-state index in [0.29, 0.717) is 83.8 Å². The van der Waals surface area contributed by atoms with E-state index < -0.39 is 51.3 Å². The number of halogens is 4. The summed E-state index contributed by atoms with van der Waals surface area (Å²) in [5.74, 6) is -0.615. The molecule has 1 aliphatic carbocycles. The maximum atomic E-state index is 14.7. The zero-order valence-corrected chi connectivity index (χ0v) is 55.2. The number of β-amino-alcohol motifs (C(OH)–C–C–N with tert-alkyl or cyclic N) is 1. The number of alkyl halides is 3. The molecule has 4 aliphatic rings. The van der Waals surface area contributed by atoms with Gasteiger partial charge in [-0.15, -0.1) is 20.1 Å². The Hall–Kier alpha value is -7.26. The van der Waals surface area contributed by atoms with Gasteiger partial charge in [0.2, 0.25) is 17.8 Å². The Bertz CT molecular complexity index is 3700. The Morgan fingerprint density at radius 3 is 2.22 bits per heavy atom. The van der Waals surface area contributed by atoms with E-state index in [1.54, 1.807) is 28.6 Å². The highest BCUT2D eigenvalue weighted by Crippen LogP contribution is 2.48. The molecule has 6 aromatic rings. The average molecular weight is 1370 g/mol. The van der Waals surface area contributed by atoms with Crippen LogP contribution in [0.3, 0.4) is 0 Å². The number of aryl methyl sites for hydroxylation is 1. The Labute approximate surface area is 552 Å². The summed E-state index contributed by atoms with van der Waals surface area (Å²) in [5.41, 5.74) is 2.81. The SMILES string of the molecule is Cc1ncsc1-c1ccc(CNC[C@@H]2C[C@@H](O)CN2C(=O)[C@@H](NC(=O)C2(F)CC2)C(C)(C)C)c(OCCOCCOCCOCCOCCOc2nc(Nc3cc(S(C)(=O)=O)ccc3N[C@@H](c3cccc4c3OC(F)(F)O4)c3ncccc3Cl)nc(N3CCNCC3)n2)c1. The van der Waals surface area contributed by atoms with E-state index in [-0.39, 0.29) is 127 Å². The minimum absolute atomic E-state index is 0.00295. The van der Waals surface area contributed by atoms with Gasteiger partial charge in [-0.3, -0.25) is 14.6 Å². The summed E-state index contributed by atoms with van der Waals surface area (Å²) in [6, 6.07) is 15.5. The molecule has 508 valence electrons. The number of para-hydroxylation sites is 1. The quantitative estimate of drug-likeness (QED) is 0.0225. The summed E-state index contributed by atoms with van der Waals surface area (Å²) in [6.07, 6.45) is -1.50. The molecule has 94 heavy (non-hydrogen) atoms. The summed E-state index contributed by atoms with van der Waals surface area (Å²) in [6.45, 7) is 13.3. The van der Waals surface area contributed by atoms with E-state index in [9.17, 15) is 36.3 Å². The summed E-state index contributed by atoms with van der Waals surface area (Å²) in [5, 5.41) is 26.8. The molecule has 0 radical (unpaired) electrons. The molecular formula is C63H78ClF3N12O13S2. The minimum atomic E-state index is -3.93. The molecule has 1 saturated carbocycles. The van der Waals surface area contributed by atoms with Crippen LogP contribution in [0.15, 0.2) is 83.3 Å². The number of sulfone groups is 1. The van der Waals surface area contributed by atoms with Gasteiger partial charge in [0.05, 0.1) is 108 Å². The van der Waals surface area contributed by atoms with Gasteiger partial charge in [-0.05, 0) is 79.6 Å². The largest absolute Gasteiger partial charge is 0.586 e. The minimum Gasteiger partial charge on any atom is -0.491 e. The fourth-order valence-electron chi connectivity index (χ4n) is 10.7. The summed E-state index contributed by atoms with van der Waals surface area (Å²) >= 11 is 8.22. The van der Waals surface area contributed by atoms with Crippen LogP contribution in [0.1, 0.15) is 68.6 Å². The molecule has 3 aromatic carbocycles. The number of nitrogens with zero attached hydrogens (tertiary/aromatic N) is 7. The van der Waals surface area contributed by atoms with Crippen molar-refractivity contribution in [2.24, 2.45) is 5.41 Å². The van der Waals surface area contributed by atoms with Crippen molar-refractivity contribution in [2.75, 3.05) is 127 Å². The van der Waals surface area contributed by atoms with Crippen molar-refractivity contribution in [3.05, 3.63) is 106 Å². The van der Waals surface area contributed by atoms with E-state index in [2.05, 4.69) is 46.5 Å². The predicted octanol–water partition coefficient (Wildman–Crippen LogP) is 7.04. The molecule has 6 N–H and O–H groups in total. The lowest BCUT2D eigenvalue weighted by molar-refractivity contribution is -0.287. The first-order chi connectivity index (χ1) is 45.0. The van der Waals surface area contributed by atoms with Gasteiger partial charge >= 0.3 is 12.3 Å². The van der Waals surface area contributed by atoms with Gasteiger partial charge in [-0.2, -0.15) is 15.0 Å². The highest BCUT2D eigenvalue weighted by Gasteiger charge is 2.53. The number of aliphatic hydroxyl groups excluding tert-OH is 1. The number of benzene rings is 3. The van der Waals surface area contributed by atoms with Crippen LogP contribution in [0.2, 0.25) is 5.02 Å². The molecule has 6 heterocycles. The number of aliphatic hydroxyl groups is 1. The lowest BCUT2D eigenvalue weighted by Gasteiger charge is -2.36. The highest BCUT2D eigenvalue weighted by atomic mass is 35.5. The van der Waals surface area contributed by atoms with E-state index in [1.165, 1.54) is 47.9 Å². The van der Waals surface area contributed by atoms with Crippen molar-refractivity contribution in [2.45, 2.75) is 94.6 Å². The molecule has 3 aromatic heterocycles. The van der Waals surface area contributed by atoms with Crippen LogP contribution in [0.25, 0.3) is 10.4 Å². The maximum Gasteiger partial charge on any atom is 0.586 e. The van der Waals surface area contributed by atoms with E-state index in [4.69, 9.17) is 54.5 Å². The monoisotopic (exact) mass is 1370 g/mol. The zero-order chi connectivity index (χ0) is 66.6. The van der Waals surface area contributed by atoms with Crippen LogP contribution in [-0.2, 0) is 44.9 Å². The first-order valence-corrected chi connectivity index (χ1v) is 34.0. The van der Waals surface area contributed by atoms with Crippen LogP contribution in [0.4, 0.5) is 36.4 Å². The summed E-state index contributed by atoms with van der Waals surface area (Å²) in [4.78, 5) is 54.0. The van der Waals surface area contributed by atoms with Gasteiger partial charge in [0.15, 0.2) is 27.0 Å². The van der Waals surface area contributed by atoms with Crippen LogP contribution in [0, 0.1) is 12.3 Å². The van der Waals surface area contributed by atoms with Crippen LogP contribution >= 0.6 is 22.9 Å². The molecular weight excluding hydrogens is 1290 g/mol. The Balaban J connectivity index is 0.662. The Morgan fingerprint density at radius 2 is 1.56 bits per heavy atom. The second-order valence-electron chi connectivity index (χ2n) is 24.0. The molecule has 4 atom stereocenters. The lowest BCUT2D eigenvalue weighted by Crippen LogP contribution is -2.58. The Kier molecular flexibility index (Phi) is 23.0. The first kappa shape index (κ1) is 69.6. The van der Waals surface area contributed by atoms with Crippen molar-refractivity contribution in [1.82, 2.24) is 45.8 Å². The lowest BCUT2D eigenvalue weighted by atomic mass is 9.85. The van der Waals surface area contributed by atoms with Crippen LogP contribution in [-0.4, -0.2) is 197 Å². The number of fused-ring (bicyclic) bond motifs is 1. The molecule has 25 nitrogen and oxygen atoms in total. The number of rotatable bonds is 33. The number of thiazole rings is 1. The number of ether oxygens (including phenoxy) is 8. The summed E-state index contributed by atoms with van der Waals surface area (Å²) < 4.78 is 115. The number of anilines is 4. The third-order valence-corrected chi connectivity index (χ3v) is 18.2. The standard InChI is InChI=1S/C63H78ClF3N12O13S2/c1-39-54(93-38-71-39)40-11-12-41(35-69-36-42-33-43(80)37-79(42)56(81)55(61(2,3)4)74-57(82)62(65)15-16-62)50(32-40)89-30-28-87-26-24-85-22-23-86-25-27-88-29-31-90-60-76-58(75-59(77-60)78-20-18-68-19-21-78)73-48-34-44(94(5,83)84)13-14-47(48)72-51(52-46(64)9-7-17-70-52)45-8-6-10-49-53(45)92-63(66,67)91-49/h6-14,17,32,34,38,42-43,51,55,68-69,72,80H,15-16,18-31,33,35-37H2,1-5H3,(H,74,82)(H,73,75,76,77)/t42-,43+,51-,55+/m0/s1. The number of hydrogen-bond acceptors (Lipinski definition) is 24. The Morgan fingerprint density at radius 1 is 0.862 bits per heavy atom. The number of aromatic nitrogens is 5. The first-order valence-electron chi connectivity index (χ1n) is 30.9. The molecule has 10 rings (SSSR count). The smallest absolute Gasteiger partial charge is 0.491 e. The number of carbonyl (C=O) groups excluding carboxylic acids is 2. The fourth-order valence-corrected chi connectivity index (χ4v) is 12.4. The van der Waals surface area contributed by atoms with E-state index >= 15 is 0 Å². The second kappa shape index (κ2) is 31.1. The number of hydrogen-bond donors (Lipinski definition) is 6. The number of nitrogens with one attached hydrogen (secondary N) is 5. The van der Waals surface area contributed by atoms with Gasteiger partial charge in [0.25, 0.3) is 5.91 Å². The maximum absolute atomic E-state index is 14.7. The van der Waals surface area contributed by atoms with E-state index in [0.717, 1.165) is 28.0 Å². The third-order valence-electron chi connectivity index (χ3n) is 15.8. The van der Waals surface area contributed by atoms with Gasteiger partial charge in [0.1, 0.15) is 25.0 Å². The fraction of sp³-hybridized carbons (Fsp3) is 0.508. The molecule has 0 bridgehead atoms. The van der Waals surface area contributed by atoms with Crippen LogP contribution < -0.4 is 50.4 Å². The average Bonchev–Trinajstić information content (AvgIpc) is 1.52. The van der Waals surface area contributed by atoms with Crippen molar-refractivity contribution < 1.29 is 74.2 Å². The van der Waals surface area contributed by atoms with Crippen molar-refractivity contribution in [3.63, 3.8) is 0 Å². The van der Waals surface area contributed by atoms with Gasteiger partial charge < -0.3 is 79.4 Å². The van der Waals surface area contributed by atoms with Gasteiger partial charge in [-0.1, -0.05) is 56.6 Å². The molecule has 3 aliphatic heterocycles. The second-order valence-corrected chi connectivity index (χ2v) is 27.3. The zero-order valence-electron chi connectivity index (χ0n) is 52.8. The molecule has 0 spiro atoms. The number of amides is 2. The van der Waals surface area contributed by atoms with Gasteiger partial charge in [0, 0.05) is 75.4 Å². The number of carbonyl (C=O) groups is 2. The van der Waals surface area contributed by atoms with Gasteiger partial charge in [-0.25, -0.2) is 17.8 Å². The predicted molar refractivity (Wildman–Crippen MR) is 344 cm³/mol. The van der Waals surface area contributed by atoms with Crippen molar-refractivity contribution in [3.8, 4) is 33.7 Å². The number of pyridine rings is 1. The number of likely N-dealkylation sites (tertiary alicyclic amines) is 1. The highest BCUT2D eigenvalue weighted by molar-refractivity contribution is 7.90. The third kappa shape index (κ3) is 18.4. The molecule has 31 heteroatoms. The topological polar surface area (TPSA) is 293 Å². The summed E-state index contributed by atoms with van der Waals surface area (Å²) in [7, 11) is -3.76. The number of piperazine rings is 1. The molecule has 3 fully saturated rings.